The molecule has 1 heterocycles. The van der Waals surface area contributed by atoms with Gasteiger partial charge in [-0.25, -0.2) is 0 Å². The van der Waals surface area contributed by atoms with Gasteiger partial charge in [0.05, 0.1) is 6.61 Å². The van der Waals surface area contributed by atoms with E-state index in [2.05, 4.69) is 4.90 Å². The van der Waals surface area contributed by atoms with E-state index in [-0.39, 0.29) is 5.91 Å². The van der Waals surface area contributed by atoms with E-state index < -0.39 is 0 Å². The lowest BCUT2D eigenvalue weighted by atomic mass is 10.2. The number of carbonyl (C=O) groups excluding carboxylic acids is 1. The fraction of sp³-hybridized carbons (Fsp3) is 0.562. The highest BCUT2D eigenvalue weighted by Crippen LogP contribution is 2.10. The van der Waals surface area contributed by atoms with Crippen LogP contribution in [0.1, 0.15) is 12.8 Å². The Morgan fingerprint density at radius 2 is 1.86 bits per heavy atom. The summed E-state index contributed by atoms with van der Waals surface area (Å²) in [6.07, 6.45) is 1.32. The number of hydrogen-bond donors (Lipinski definition) is 1. The lowest BCUT2D eigenvalue weighted by Crippen LogP contribution is -2.49. The Morgan fingerprint density at radius 1 is 1.14 bits per heavy atom. The van der Waals surface area contributed by atoms with Gasteiger partial charge < -0.3 is 15.4 Å². The van der Waals surface area contributed by atoms with Gasteiger partial charge in [0.2, 0.25) is 5.91 Å². The normalized spacial score (nSPS) is 16.0. The Bertz CT molecular complexity index is 417. The molecule has 1 amide bonds. The van der Waals surface area contributed by atoms with E-state index in [0.717, 1.165) is 44.9 Å². The predicted octanol–water partition coefficient (Wildman–Crippen LogP) is 0.949. The van der Waals surface area contributed by atoms with Crippen molar-refractivity contribution in [3.05, 3.63) is 30.3 Å². The SMILES string of the molecule is NCCN1CCN(C(=O)CCCOc2ccccc2)CC1. The molecule has 0 atom stereocenters. The molecule has 0 aromatic heterocycles. The van der Waals surface area contributed by atoms with Crippen LogP contribution in [0, 0.1) is 0 Å². The summed E-state index contributed by atoms with van der Waals surface area (Å²) < 4.78 is 5.60. The zero-order chi connectivity index (χ0) is 14.9. The van der Waals surface area contributed by atoms with Crippen LogP contribution in [-0.2, 0) is 4.79 Å². The van der Waals surface area contributed by atoms with Crippen molar-refractivity contribution in [2.45, 2.75) is 12.8 Å². The van der Waals surface area contributed by atoms with E-state index in [4.69, 9.17) is 10.5 Å². The van der Waals surface area contributed by atoms with E-state index in [1.165, 1.54) is 0 Å². The van der Waals surface area contributed by atoms with Crippen LogP contribution < -0.4 is 10.5 Å². The summed E-state index contributed by atoms with van der Waals surface area (Å²) in [7, 11) is 0. The summed E-state index contributed by atoms with van der Waals surface area (Å²) >= 11 is 0. The van der Waals surface area contributed by atoms with Crippen molar-refractivity contribution in [2.24, 2.45) is 5.73 Å². The minimum absolute atomic E-state index is 0.235. The molecule has 0 bridgehead atoms. The fourth-order valence-electron chi connectivity index (χ4n) is 2.49. The molecule has 0 radical (unpaired) electrons. The van der Waals surface area contributed by atoms with E-state index in [9.17, 15) is 4.79 Å². The van der Waals surface area contributed by atoms with Gasteiger partial charge in [0.15, 0.2) is 0 Å². The molecule has 21 heavy (non-hydrogen) atoms. The Morgan fingerprint density at radius 3 is 2.52 bits per heavy atom. The number of piperazine rings is 1. The van der Waals surface area contributed by atoms with Crippen molar-refractivity contribution in [1.82, 2.24) is 9.80 Å². The third-order valence-electron chi connectivity index (χ3n) is 3.72. The number of benzene rings is 1. The standard InChI is InChI=1S/C16H25N3O2/c17-8-9-18-10-12-19(13-11-18)16(20)7-4-14-21-15-5-2-1-3-6-15/h1-3,5-6H,4,7-14,17H2. The summed E-state index contributed by atoms with van der Waals surface area (Å²) in [4.78, 5) is 16.4. The zero-order valence-corrected chi connectivity index (χ0v) is 12.5. The topological polar surface area (TPSA) is 58.8 Å². The van der Waals surface area contributed by atoms with Gasteiger partial charge >= 0.3 is 0 Å². The molecule has 0 aliphatic carbocycles. The molecule has 0 spiro atoms. The van der Waals surface area contributed by atoms with Crippen LogP contribution in [0.5, 0.6) is 5.75 Å². The molecular weight excluding hydrogens is 266 g/mol. The first-order valence-electron chi connectivity index (χ1n) is 7.67. The number of para-hydroxylation sites is 1. The number of rotatable bonds is 7. The number of hydrogen-bond acceptors (Lipinski definition) is 4. The highest BCUT2D eigenvalue weighted by molar-refractivity contribution is 5.76. The number of nitrogens with two attached hydrogens (primary N) is 1. The van der Waals surface area contributed by atoms with Crippen LogP contribution in [0.4, 0.5) is 0 Å². The molecule has 5 heteroatoms. The largest absolute Gasteiger partial charge is 0.494 e. The van der Waals surface area contributed by atoms with Gasteiger partial charge in [-0.15, -0.1) is 0 Å². The zero-order valence-electron chi connectivity index (χ0n) is 12.5. The maximum atomic E-state index is 12.1. The van der Waals surface area contributed by atoms with Crippen molar-refractivity contribution in [3.63, 3.8) is 0 Å². The number of nitrogens with zero attached hydrogens (tertiary/aromatic N) is 2. The van der Waals surface area contributed by atoms with Gasteiger partial charge in [0.25, 0.3) is 0 Å². The third kappa shape index (κ3) is 5.36. The van der Waals surface area contributed by atoms with Crippen LogP contribution in [0.15, 0.2) is 30.3 Å². The van der Waals surface area contributed by atoms with Gasteiger partial charge in [0.1, 0.15) is 5.75 Å². The molecule has 1 aromatic rings. The maximum absolute atomic E-state index is 12.1. The van der Waals surface area contributed by atoms with Crippen LogP contribution in [-0.4, -0.2) is 61.6 Å². The second kappa shape index (κ2) is 8.64. The fourth-order valence-corrected chi connectivity index (χ4v) is 2.49. The van der Waals surface area contributed by atoms with Gasteiger partial charge in [-0.2, -0.15) is 0 Å². The van der Waals surface area contributed by atoms with Crippen molar-refractivity contribution in [3.8, 4) is 5.75 Å². The Hall–Kier alpha value is -1.59. The van der Waals surface area contributed by atoms with E-state index in [1.807, 2.05) is 35.2 Å². The summed E-state index contributed by atoms with van der Waals surface area (Å²) in [6, 6.07) is 9.71. The van der Waals surface area contributed by atoms with Crippen molar-refractivity contribution < 1.29 is 9.53 Å². The molecule has 1 aromatic carbocycles. The lowest BCUT2D eigenvalue weighted by Gasteiger charge is -2.34. The first kappa shape index (κ1) is 15.8. The molecule has 116 valence electrons. The summed E-state index contributed by atoms with van der Waals surface area (Å²) in [6.45, 7) is 5.70. The smallest absolute Gasteiger partial charge is 0.222 e. The molecule has 2 rings (SSSR count). The van der Waals surface area contributed by atoms with Crippen molar-refractivity contribution in [1.29, 1.82) is 0 Å². The van der Waals surface area contributed by atoms with Crippen molar-refractivity contribution in [2.75, 3.05) is 45.9 Å². The minimum atomic E-state index is 0.235. The highest BCUT2D eigenvalue weighted by Gasteiger charge is 2.19. The third-order valence-corrected chi connectivity index (χ3v) is 3.72. The molecular formula is C16H25N3O2. The molecule has 5 nitrogen and oxygen atoms in total. The quantitative estimate of drug-likeness (QED) is 0.760. The molecule has 0 saturated carbocycles. The lowest BCUT2D eigenvalue weighted by molar-refractivity contribution is -0.133. The second-order valence-corrected chi connectivity index (χ2v) is 5.28. The van der Waals surface area contributed by atoms with Crippen molar-refractivity contribution >= 4 is 5.91 Å². The number of ether oxygens (including phenoxy) is 1. The summed E-state index contributed by atoms with van der Waals surface area (Å²) in [5, 5.41) is 0. The Labute approximate surface area is 126 Å². The van der Waals surface area contributed by atoms with Gasteiger partial charge in [-0.05, 0) is 18.6 Å². The average Bonchev–Trinajstić information content (AvgIpc) is 2.53. The Balaban J connectivity index is 1.60. The molecule has 1 aliphatic heterocycles. The van der Waals surface area contributed by atoms with E-state index in [1.54, 1.807) is 0 Å². The Kier molecular flexibility index (Phi) is 6.50. The molecule has 1 fully saturated rings. The maximum Gasteiger partial charge on any atom is 0.222 e. The number of amides is 1. The van der Waals surface area contributed by atoms with Gasteiger partial charge in [-0.3, -0.25) is 9.69 Å². The summed E-state index contributed by atoms with van der Waals surface area (Å²) in [5.41, 5.74) is 5.55. The van der Waals surface area contributed by atoms with Crippen LogP contribution in [0.25, 0.3) is 0 Å². The first-order chi connectivity index (χ1) is 10.3. The molecule has 0 unspecified atom stereocenters. The number of carbonyl (C=O) groups is 1. The average molecular weight is 291 g/mol. The molecule has 2 N–H and O–H groups in total. The highest BCUT2D eigenvalue weighted by atomic mass is 16.5. The predicted molar refractivity (Wildman–Crippen MR) is 83.2 cm³/mol. The minimum Gasteiger partial charge on any atom is -0.494 e. The van der Waals surface area contributed by atoms with Crippen LogP contribution in [0.3, 0.4) is 0 Å². The molecule has 1 saturated heterocycles. The first-order valence-corrected chi connectivity index (χ1v) is 7.67. The van der Waals surface area contributed by atoms with Crippen LogP contribution in [0.2, 0.25) is 0 Å². The van der Waals surface area contributed by atoms with Gasteiger partial charge in [-0.1, -0.05) is 18.2 Å². The van der Waals surface area contributed by atoms with Gasteiger partial charge in [0, 0.05) is 45.7 Å². The second-order valence-electron chi connectivity index (χ2n) is 5.28. The van der Waals surface area contributed by atoms with Crippen LogP contribution >= 0.6 is 0 Å². The van der Waals surface area contributed by atoms with E-state index >= 15 is 0 Å². The monoisotopic (exact) mass is 291 g/mol. The summed E-state index contributed by atoms with van der Waals surface area (Å²) in [5.74, 6) is 1.10. The molecule has 1 aliphatic rings. The van der Waals surface area contributed by atoms with E-state index in [0.29, 0.717) is 19.6 Å².